The molecular formula is C16H17ClO2. The van der Waals surface area contributed by atoms with Crippen molar-refractivity contribution in [3.63, 3.8) is 0 Å². The van der Waals surface area contributed by atoms with Crippen LogP contribution in [0.3, 0.4) is 0 Å². The average molecular weight is 277 g/mol. The van der Waals surface area contributed by atoms with Crippen LogP contribution < -0.4 is 0 Å². The van der Waals surface area contributed by atoms with Crippen molar-refractivity contribution in [3.05, 3.63) is 70.7 Å². The van der Waals surface area contributed by atoms with Crippen molar-refractivity contribution in [2.75, 3.05) is 13.7 Å². The monoisotopic (exact) mass is 276 g/mol. The van der Waals surface area contributed by atoms with E-state index >= 15 is 0 Å². The Morgan fingerprint density at radius 1 is 1.05 bits per heavy atom. The second-order valence-corrected chi connectivity index (χ2v) is 5.01. The number of hydrogen-bond acceptors (Lipinski definition) is 2. The summed E-state index contributed by atoms with van der Waals surface area (Å²) in [7, 11) is 1.58. The SMILES string of the molecule is COCC(O)(Cc1ccccc1Cl)c1ccccc1. The molecule has 2 aromatic carbocycles. The highest BCUT2D eigenvalue weighted by Crippen LogP contribution is 2.29. The van der Waals surface area contributed by atoms with Gasteiger partial charge in [-0.25, -0.2) is 0 Å². The van der Waals surface area contributed by atoms with E-state index in [2.05, 4.69) is 0 Å². The van der Waals surface area contributed by atoms with E-state index in [0.29, 0.717) is 11.4 Å². The van der Waals surface area contributed by atoms with Gasteiger partial charge in [-0.3, -0.25) is 0 Å². The van der Waals surface area contributed by atoms with E-state index in [9.17, 15) is 5.11 Å². The standard InChI is InChI=1S/C16H17ClO2/c1-19-12-16(18,14-8-3-2-4-9-14)11-13-7-5-6-10-15(13)17/h2-10,18H,11-12H2,1H3. The van der Waals surface area contributed by atoms with Gasteiger partial charge in [-0.1, -0.05) is 60.1 Å². The lowest BCUT2D eigenvalue weighted by Crippen LogP contribution is -2.33. The van der Waals surface area contributed by atoms with Crippen LogP contribution in [-0.4, -0.2) is 18.8 Å². The molecule has 0 aliphatic heterocycles. The van der Waals surface area contributed by atoms with E-state index in [1.54, 1.807) is 7.11 Å². The van der Waals surface area contributed by atoms with Gasteiger partial charge in [-0.2, -0.15) is 0 Å². The first-order valence-electron chi connectivity index (χ1n) is 6.16. The number of aliphatic hydroxyl groups is 1. The molecule has 19 heavy (non-hydrogen) atoms. The van der Waals surface area contributed by atoms with Crippen LogP contribution in [-0.2, 0) is 16.8 Å². The molecule has 1 unspecified atom stereocenters. The number of halogens is 1. The van der Waals surface area contributed by atoms with Crippen LogP contribution in [0.1, 0.15) is 11.1 Å². The highest BCUT2D eigenvalue weighted by Gasteiger charge is 2.30. The van der Waals surface area contributed by atoms with E-state index in [1.165, 1.54) is 0 Å². The fraction of sp³-hybridized carbons (Fsp3) is 0.250. The zero-order chi connectivity index (χ0) is 13.7. The molecule has 100 valence electrons. The molecule has 0 aliphatic carbocycles. The molecule has 0 saturated heterocycles. The molecule has 0 radical (unpaired) electrons. The molecule has 1 atom stereocenters. The summed E-state index contributed by atoms with van der Waals surface area (Å²) in [6.07, 6.45) is 0.421. The minimum absolute atomic E-state index is 0.224. The molecule has 3 heteroatoms. The van der Waals surface area contributed by atoms with E-state index in [0.717, 1.165) is 11.1 Å². The van der Waals surface area contributed by atoms with Gasteiger partial charge in [-0.05, 0) is 17.2 Å². The molecule has 0 aromatic heterocycles. The van der Waals surface area contributed by atoms with Gasteiger partial charge in [0.2, 0.25) is 0 Å². The fourth-order valence-electron chi connectivity index (χ4n) is 2.18. The molecule has 0 heterocycles. The smallest absolute Gasteiger partial charge is 0.117 e. The second-order valence-electron chi connectivity index (χ2n) is 4.60. The number of rotatable bonds is 5. The van der Waals surface area contributed by atoms with Gasteiger partial charge in [0.05, 0.1) is 6.61 Å². The summed E-state index contributed by atoms with van der Waals surface area (Å²) in [5, 5.41) is 11.5. The average Bonchev–Trinajstić information content (AvgIpc) is 2.43. The maximum absolute atomic E-state index is 10.9. The Morgan fingerprint density at radius 2 is 1.68 bits per heavy atom. The van der Waals surface area contributed by atoms with Crippen molar-refractivity contribution in [2.24, 2.45) is 0 Å². The van der Waals surface area contributed by atoms with Crippen LogP contribution in [0.15, 0.2) is 54.6 Å². The van der Waals surface area contributed by atoms with Crippen molar-refractivity contribution in [1.82, 2.24) is 0 Å². The lowest BCUT2D eigenvalue weighted by molar-refractivity contribution is -0.0355. The third-order valence-electron chi connectivity index (χ3n) is 3.13. The van der Waals surface area contributed by atoms with Gasteiger partial charge in [0.25, 0.3) is 0 Å². The number of ether oxygens (including phenoxy) is 1. The molecule has 0 fully saturated rings. The van der Waals surface area contributed by atoms with Gasteiger partial charge in [-0.15, -0.1) is 0 Å². The summed E-state index contributed by atoms with van der Waals surface area (Å²) < 4.78 is 5.18. The number of methoxy groups -OCH3 is 1. The van der Waals surface area contributed by atoms with Crippen LogP contribution in [0.4, 0.5) is 0 Å². The first kappa shape index (κ1) is 14.1. The lowest BCUT2D eigenvalue weighted by Gasteiger charge is -2.28. The Bertz CT molecular complexity index is 527. The summed E-state index contributed by atoms with van der Waals surface area (Å²) in [6.45, 7) is 0.224. The van der Waals surface area contributed by atoms with Crippen molar-refractivity contribution in [1.29, 1.82) is 0 Å². The third-order valence-corrected chi connectivity index (χ3v) is 3.50. The molecule has 0 amide bonds. The number of hydrogen-bond donors (Lipinski definition) is 1. The first-order chi connectivity index (χ1) is 9.15. The van der Waals surface area contributed by atoms with Crippen molar-refractivity contribution < 1.29 is 9.84 Å². The minimum atomic E-state index is -1.07. The Balaban J connectivity index is 2.33. The molecule has 0 bridgehead atoms. The Hall–Kier alpha value is -1.35. The van der Waals surface area contributed by atoms with Crippen LogP contribution in [0.25, 0.3) is 0 Å². The van der Waals surface area contributed by atoms with E-state index in [-0.39, 0.29) is 6.61 Å². The minimum Gasteiger partial charge on any atom is -0.382 e. The summed E-state index contributed by atoms with van der Waals surface area (Å²) in [4.78, 5) is 0. The first-order valence-corrected chi connectivity index (χ1v) is 6.54. The van der Waals surface area contributed by atoms with Crippen molar-refractivity contribution >= 4 is 11.6 Å². The quantitative estimate of drug-likeness (QED) is 0.907. The Labute approximate surface area is 118 Å². The van der Waals surface area contributed by atoms with Gasteiger partial charge >= 0.3 is 0 Å². The van der Waals surface area contributed by atoms with Crippen LogP contribution in [0.5, 0.6) is 0 Å². The van der Waals surface area contributed by atoms with Gasteiger partial charge < -0.3 is 9.84 Å². The van der Waals surface area contributed by atoms with Crippen LogP contribution >= 0.6 is 11.6 Å². The van der Waals surface area contributed by atoms with Gasteiger partial charge in [0, 0.05) is 18.6 Å². The van der Waals surface area contributed by atoms with Crippen molar-refractivity contribution in [3.8, 4) is 0 Å². The molecule has 0 aliphatic rings. The zero-order valence-corrected chi connectivity index (χ0v) is 11.6. The topological polar surface area (TPSA) is 29.5 Å². The highest BCUT2D eigenvalue weighted by molar-refractivity contribution is 6.31. The highest BCUT2D eigenvalue weighted by atomic mass is 35.5. The molecule has 2 nitrogen and oxygen atoms in total. The van der Waals surface area contributed by atoms with E-state index < -0.39 is 5.60 Å². The fourth-order valence-corrected chi connectivity index (χ4v) is 2.38. The Morgan fingerprint density at radius 3 is 2.32 bits per heavy atom. The predicted octanol–water partition coefficient (Wildman–Crippen LogP) is 3.42. The summed E-state index contributed by atoms with van der Waals surface area (Å²) in [5.74, 6) is 0. The molecule has 1 N–H and O–H groups in total. The van der Waals surface area contributed by atoms with E-state index in [1.807, 2.05) is 54.6 Å². The normalized spacial score (nSPS) is 14.1. The van der Waals surface area contributed by atoms with Crippen LogP contribution in [0.2, 0.25) is 5.02 Å². The Kier molecular flexibility index (Phi) is 4.59. The van der Waals surface area contributed by atoms with Crippen LogP contribution in [0, 0.1) is 0 Å². The zero-order valence-electron chi connectivity index (χ0n) is 10.8. The lowest BCUT2D eigenvalue weighted by atomic mass is 9.88. The molecule has 2 aromatic rings. The molecule has 0 spiro atoms. The van der Waals surface area contributed by atoms with Gasteiger partial charge in [0.15, 0.2) is 0 Å². The summed E-state index contributed by atoms with van der Waals surface area (Å²) in [5.41, 5.74) is 0.672. The molecule has 0 saturated carbocycles. The largest absolute Gasteiger partial charge is 0.382 e. The third kappa shape index (κ3) is 3.35. The summed E-state index contributed by atoms with van der Waals surface area (Å²) in [6, 6.07) is 17.1. The van der Waals surface area contributed by atoms with Crippen molar-refractivity contribution in [2.45, 2.75) is 12.0 Å². The maximum atomic E-state index is 10.9. The number of benzene rings is 2. The summed E-state index contributed by atoms with van der Waals surface area (Å²) >= 11 is 6.17. The molecular weight excluding hydrogens is 260 g/mol. The van der Waals surface area contributed by atoms with Gasteiger partial charge in [0.1, 0.15) is 5.60 Å². The maximum Gasteiger partial charge on any atom is 0.117 e. The molecule has 2 rings (SSSR count). The predicted molar refractivity (Wildman–Crippen MR) is 77.4 cm³/mol. The van der Waals surface area contributed by atoms with E-state index in [4.69, 9.17) is 16.3 Å². The second kappa shape index (κ2) is 6.20.